The number of piperidine rings is 1. The lowest BCUT2D eigenvalue weighted by molar-refractivity contribution is -0.116. The van der Waals surface area contributed by atoms with E-state index >= 15 is 0 Å². The molecule has 0 bridgehead atoms. The van der Waals surface area contributed by atoms with Crippen LogP contribution in [0.1, 0.15) is 31.2 Å². The van der Waals surface area contributed by atoms with Crippen molar-refractivity contribution in [2.75, 3.05) is 26.7 Å². The van der Waals surface area contributed by atoms with Crippen molar-refractivity contribution < 1.29 is 9.53 Å². The second-order valence-electron chi connectivity index (χ2n) is 6.58. The van der Waals surface area contributed by atoms with Gasteiger partial charge in [0.15, 0.2) is 0 Å². The van der Waals surface area contributed by atoms with Gasteiger partial charge in [0.05, 0.1) is 6.10 Å². The molecule has 2 fully saturated rings. The third-order valence-electron chi connectivity index (χ3n) is 5.45. The lowest BCUT2D eigenvalue weighted by atomic mass is 9.61. The van der Waals surface area contributed by atoms with Gasteiger partial charge in [-0.3, -0.25) is 0 Å². The molecular formula is C18H26N2O2. The molecule has 1 atom stereocenters. The fourth-order valence-electron chi connectivity index (χ4n) is 3.84. The zero-order valence-corrected chi connectivity index (χ0v) is 13.4. The van der Waals surface area contributed by atoms with Crippen LogP contribution in [0.25, 0.3) is 0 Å². The minimum Gasteiger partial charge on any atom is -0.381 e. The maximum atomic E-state index is 12.2. The summed E-state index contributed by atoms with van der Waals surface area (Å²) in [6.45, 7) is 2.42. The quantitative estimate of drug-likeness (QED) is 0.929. The maximum Gasteiger partial charge on any atom is 0.317 e. The molecule has 1 aliphatic carbocycles. The summed E-state index contributed by atoms with van der Waals surface area (Å²) in [7, 11) is 1.81. The number of methoxy groups -OCH3 is 1. The third-order valence-corrected chi connectivity index (χ3v) is 5.45. The van der Waals surface area contributed by atoms with E-state index in [0.717, 1.165) is 32.4 Å². The van der Waals surface area contributed by atoms with Crippen LogP contribution in [0.5, 0.6) is 0 Å². The normalized spacial score (nSPS) is 23.1. The summed E-state index contributed by atoms with van der Waals surface area (Å²) in [6.07, 6.45) is 5.90. The molecule has 1 spiro atoms. The molecule has 1 unspecified atom stereocenters. The van der Waals surface area contributed by atoms with Crippen molar-refractivity contribution in [1.82, 2.24) is 10.2 Å². The number of ether oxygens (including phenoxy) is 1. The molecule has 0 aromatic heterocycles. The van der Waals surface area contributed by atoms with Crippen molar-refractivity contribution >= 4 is 6.03 Å². The molecule has 4 heteroatoms. The Hall–Kier alpha value is -1.55. The van der Waals surface area contributed by atoms with Crippen molar-refractivity contribution in [2.24, 2.45) is 5.41 Å². The fraction of sp³-hybridized carbons (Fsp3) is 0.611. The summed E-state index contributed by atoms with van der Waals surface area (Å²) in [5.41, 5.74) is 1.62. The van der Waals surface area contributed by atoms with E-state index in [-0.39, 0.29) is 6.03 Å². The van der Waals surface area contributed by atoms with Gasteiger partial charge in [-0.05, 0) is 37.7 Å². The highest BCUT2D eigenvalue weighted by Crippen LogP contribution is 2.50. The van der Waals surface area contributed by atoms with Gasteiger partial charge in [0, 0.05) is 32.2 Å². The molecule has 22 heavy (non-hydrogen) atoms. The zero-order chi connectivity index (χ0) is 15.4. The highest BCUT2D eigenvalue weighted by atomic mass is 16.5. The van der Waals surface area contributed by atoms with Crippen LogP contribution in [0.3, 0.4) is 0 Å². The second-order valence-corrected chi connectivity index (χ2v) is 6.58. The van der Waals surface area contributed by atoms with Gasteiger partial charge in [-0.25, -0.2) is 4.79 Å². The van der Waals surface area contributed by atoms with Crippen LogP contribution in [0.2, 0.25) is 0 Å². The first kappa shape index (κ1) is 15.3. The number of amides is 2. The highest BCUT2D eigenvalue weighted by Gasteiger charge is 2.48. The smallest absolute Gasteiger partial charge is 0.317 e. The Bertz CT molecular complexity index is 493. The first-order chi connectivity index (χ1) is 10.7. The second kappa shape index (κ2) is 6.69. The van der Waals surface area contributed by atoms with Crippen LogP contribution in [-0.4, -0.2) is 43.8 Å². The van der Waals surface area contributed by atoms with Gasteiger partial charge in [0.2, 0.25) is 0 Å². The number of carbonyl (C=O) groups excluding carboxylic acids is 1. The average Bonchev–Trinajstić information content (AvgIpc) is 2.55. The Morgan fingerprint density at radius 1 is 1.27 bits per heavy atom. The molecule has 3 rings (SSSR count). The van der Waals surface area contributed by atoms with E-state index in [2.05, 4.69) is 17.4 Å². The van der Waals surface area contributed by atoms with Crippen LogP contribution >= 0.6 is 0 Å². The van der Waals surface area contributed by atoms with Gasteiger partial charge in [-0.15, -0.1) is 0 Å². The first-order valence-electron chi connectivity index (χ1n) is 8.33. The number of benzene rings is 1. The van der Waals surface area contributed by atoms with Gasteiger partial charge >= 0.3 is 6.03 Å². The number of hydrogen-bond acceptors (Lipinski definition) is 2. The molecule has 1 aromatic carbocycles. The van der Waals surface area contributed by atoms with Gasteiger partial charge < -0.3 is 15.0 Å². The molecule has 1 saturated carbocycles. The van der Waals surface area contributed by atoms with E-state index in [1.54, 1.807) is 0 Å². The molecule has 1 aromatic rings. The van der Waals surface area contributed by atoms with Gasteiger partial charge in [0.25, 0.3) is 0 Å². The van der Waals surface area contributed by atoms with Gasteiger partial charge in [-0.2, -0.15) is 0 Å². The number of nitrogens with one attached hydrogen (secondary N) is 1. The minimum absolute atomic E-state index is 0.0825. The van der Waals surface area contributed by atoms with E-state index in [1.807, 2.05) is 30.2 Å². The van der Waals surface area contributed by atoms with Crippen molar-refractivity contribution in [3.05, 3.63) is 35.9 Å². The lowest BCUT2D eigenvalue weighted by Gasteiger charge is -2.53. The molecular weight excluding hydrogens is 276 g/mol. The SMILES string of the molecule is COC1CCC12CCN(C(=O)NCCc1ccccc1)CC2. The maximum absolute atomic E-state index is 12.2. The van der Waals surface area contributed by atoms with E-state index in [4.69, 9.17) is 4.74 Å². The molecule has 1 heterocycles. The summed E-state index contributed by atoms with van der Waals surface area (Å²) >= 11 is 0. The van der Waals surface area contributed by atoms with Crippen molar-refractivity contribution in [3.63, 3.8) is 0 Å². The monoisotopic (exact) mass is 302 g/mol. The van der Waals surface area contributed by atoms with Crippen LogP contribution in [0.4, 0.5) is 4.79 Å². The van der Waals surface area contributed by atoms with Crippen molar-refractivity contribution in [1.29, 1.82) is 0 Å². The van der Waals surface area contributed by atoms with Crippen LogP contribution in [0.15, 0.2) is 30.3 Å². The third kappa shape index (κ3) is 3.12. The molecule has 120 valence electrons. The Kier molecular flexibility index (Phi) is 4.67. The number of carbonyl (C=O) groups is 1. The number of rotatable bonds is 4. The largest absolute Gasteiger partial charge is 0.381 e. The van der Waals surface area contributed by atoms with E-state index in [1.165, 1.54) is 18.4 Å². The average molecular weight is 302 g/mol. The summed E-state index contributed by atoms with van der Waals surface area (Å²) < 4.78 is 5.57. The first-order valence-corrected chi connectivity index (χ1v) is 8.33. The Balaban J connectivity index is 1.41. The fourth-order valence-corrected chi connectivity index (χ4v) is 3.84. The van der Waals surface area contributed by atoms with Crippen LogP contribution in [0, 0.1) is 5.41 Å². The van der Waals surface area contributed by atoms with Crippen LogP contribution < -0.4 is 5.32 Å². The molecule has 1 N–H and O–H groups in total. The summed E-state index contributed by atoms with van der Waals surface area (Å²) in [4.78, 5) is 14.2. The summed E-state index contributed by atoms with van der Waals surface area (Å²) in [5.74, 6) is 0. The molecule has 2 amide bonds. The zero-order valence-electron chi connectivity index (χ0n) is 13.4. The molecule has 1 saturated heterocycles. The Morgan fingerprint density at radius 3 is 2.59 bits per heavy atom. The standard InChI is InChI=1S/C18H26N2O2/c1-22-16-7-9-18(16)10-13-20(14-11-18)17(21)19-12-8-15-5-3-2-4-6-15/h2-6,16H,7-14H2,1H3,(H,19,21). The number of likely N-dealkylation sites (tertiary alicyclic amines) is 1. The van der Waals surface area contributed by atoms with E-state index in [0.29, 0.717) is 18.1 Å². The van der Waals surface area contributed by atoms with Gasteiger partial charge in [-0.1, -0.05) is 30.3 Å². The minimum atomic E-state index is 0.0825. The van der Waals surface area contributed by atoms with Crippen LogP contribution in [-0.2, 0) is 11.2 Å². The molecule has 1 aliphatic heterocycles. The van der Waals surface area contributed by atoms with Crippen molar-refractivity contribution in [3.8, 4) is 0 Å². The van der Waals surface area contributed by atoms with Crippen molar-refractivity contribution in [2.45, 2.75) is 38.2 Å². The topological polar surface area (TPSA) is 41.6 Å². The lowest BCUT2D eigenvalue weighted by Crippen LogP contribution is -2.55. The molecule has 2 aliphatic rings. The number of nitrogens with zero attached hydrogens (tertiary/aromatic N) is 1. The Labute approximate surface area is 132 Å². The Morgan fingerprint density at radius 2 is 2.00 bits per heavy atom. The number of urea groups is 1. The highest BCUT2D eigenvalue weighted by molar-refractivity contribution is 5.74. The van der Waals surface area contributed by atoms with E-state index < -0.39 is 0 Å². The summed E-state index contributed by atoms with van der Waals surface area (Å²) in [5, 5.41) is 3.05. The number of hydrogen-bond donors (Lipinski definition) is 1. The summed E-state index contributed by atoms with van der Waals surface area (Å²) in [6, 6.07) is 10.4. The van der Waals surface area contributed by atoms with Gasteiger partial charge in [0.1, 0.15) is 0 Å². The predicted molar refractivity (Wildman–Crippen MR) is 86.8 cm³/mol. The van der Waals surface area contributed by atoms with E-state index in [9.17, 15) is 4.79 Å². The molecule has 4 nitrogen and oxygen atoms in total. The molecule has 0 radical (unpaired) electrons. The predicted octanol–water partition coefficient (Wildman–Crippen LogP) is 2.83.